The summed E-state index contributed by atoms with van der Waals surface area (Å²) >= 11 is 1.69. The van der Waals surface area contributed by atoms with Crippen molar-refractivity contribution < 1.29 is 14.3 Å². The average Bonchev–Trinajstić information content (AvgIpc) is 2.90. The van der Waals surface area contributed by atoms with Crippen molar-refractivity contribution in [1.29, 1.82) is 0 Å². The highest BCUT2D eigenvalue weighted by Gasteiger charge is 2.21. The van der Waals surface area contributed by atoms with Gasteiger partial charge in [0.25, 0.3) is 11.8 Å². The van der Waals surface area contributed by atoms with Gasteiger partial charge in [-0.15, -0.1) is 11.3 Å². The van der Waals surface area contributed by atoms with Crippen molar-refractivity contribution in [3.05, 3.63) is 39.8 Å². The van der Waals surface area contributed by atoms with Gasteiger partial charge in [0.1, 0.15) is 5.75 Å². The molecule has 0 saturated heterocycles. The third-order valence-electron chi connectivity index (χ3n) is 4.54. The molecule has 0 fully saturated rings. The van der Waals surface area contributed by atoms with Gasteiger partial charge in [0.05, 0.1) is 10.7 Å². The molecule has 2 amide bonds. The van der Waals surface area contributed by atoms with Gasteiger partial charge < -0.3 is 15.4 Å². The summed E-state index contributed by atoms with van der Waals surface area (Å²) in [6.07, 6.45) is 4.67. The molecule has 2 aromatic rings. The van der Waals surface area contributed by atoms with Crippen molar-refractivity contribution in [3.8, 4) is 5.75 Å². The number of amides is 2. The molecular formula is C18H18N2O3S. The Hall–Kier alpha value is -2.34. The number of hydrogen-bond acceptors (Lipinski definition) is 4. The first-order chi connectivity index (χ1) is 11.6. The van der Waals surface area contributed by atoms with E-state index in [9.17, 15) is 9.59 Å². The van der Waals surface area contributed by atoms with E-state index < -0.39 is 0 Å². The standard InChI is InChI=1S/C18H18N2O3S/c1-10-12-4-2-3-5-15(12)24-18(10)20-17(22)11-6-7-14-13(8-11)19-16(21)9-23-14/h6-8H,2-5,9H2,1H3,(H,19,21)(H,20,22). The van der Waals surface area contributed by atoms with E-state index in [1.54, 1.807) is 29.5 Å². The number of rotatable bonds is 2. The number of fused-ring (bicyclic) bond motifs is 2. The van der Waals surface area contributed by atoms with Gasteiger partial charge in [-0.05, 0) is 61.9 Å². The Bertz CT molecular complexity index is 841. The monoisotopic (exact) mass is 342 g/mol. The van der Waals surface area contributed by atoms with E-state index in [-0.39, 0.29) is 18.4 Å². The highest BCUT2D eigenvalue weighted by Crippen LogP contribution is 2.38. The molecule has 2 heterocycles. The van der Waals surface area contributed by atoms with Crippen molar-refractivity contribution in [1.82, 2.24) is 0 Å². The summed E-state index contributed by atoms with van der Waals surface area (Å²) < 4.78 is 5.32. The quantitative estimate of drug-likeness (QED) is 0.877. The Kier molecular flexibility index (Phi) is 3.76. The Morgan fingerprint density at radius 3 is 2.96 bits per heavy atom. The van der Waals surface area contributed by atoms with Gasteiger partial charge >= 0.3 is 0 Å². The number of aryl methyl sites for hydroxylation is 1. The van der Waals surface area contributed by atoms with Crippen LogP contribution < -0.4 is 15.4 Å². The third-order valence-corrected chi connectivity index (χ3v) is 5.85. The smallest absolute Gasteiger partial charge is 0.262 e. The second-order valence-electron chi connectivity index (χ2n) is 6.17. The number of thiophene rings is 1. The van der Waals surface area contributed by atoms with Crippen LogP contribution in [-0.2, 0) is 17.6 Å². The molecule has 5 nitrogen and oxygen atoms in total. The Morgan fingerprint density at radius 1 is 1.29 bits per heavy atom. The van der Waals surface area contributed by atoms with Gasteiger partial charge in [-0.3, -0.25) is 9.59 Å². The molecule has 1 aliphatic heterocycles. The molecule has 1 aromatic carbocycles. The second kappa shape index (κ2) is 5.94. The fourth-order valence-electron chi connectivity index (χ4n) is 3.24. The van der Waals surface area contributed by atoms with Crippen LogP contribution in [0, 0.1) is 6.92 Å². The summed E-state index contributed by atoms with van der Waals surface area (Å²) in [7, 11) is 0. The van der Waals surface area contributed by atoms with Gasteiger partial charge in [-0.25, -0.2) is 0 Å². The number of anilines is 2. The molecule has 24 heavy (non-hydrogen) atoms. The van der Waals surface area contributed by atoms with Crippen molar-refractivity contribution >= 4 is 33.8 Å². The molecule has 124 valence electrons. The van der Waals surface area contributed by atoms with Crippen LogP contribution in [0.5, 0.6) is 5.75 Å². The van der Waals surface area contributed by atoms with Gasteiger partial charge in [0.2, 0.25) is 0 Å². The molecule has 0 spiro atoms. The van der Waals surface area contributed by atoms with E-state index in [1.807, 2.05) is 0 Å². The van der Waals surface area contributed by atoms with Crippen molar-refractivity contribution in [2.75, 3.05) is 17.2 Å². The SMILES string of the molecule is Cc1c(NC(=O)c2ccc3c(c2)NC(=O)CO3)sc2c1CCCC2. The van der Waals surface area contributed by atoms with Gasteiger partial charge in [-0.1, -0.05) is 0 Å². The lowest BCUT2D eigenvalue weighted by Crippen LogP contribution is -2.25. The zero-order chi connectivity index (χ0) is 16.7. The summed E-state index contributed by atoms with van der Waals surface area (Å²) in [5.74, 6) is 0.218. The Balaban J connectivity index is 1.58. The molecule has 0 radical (unpaired) electrons. The van der Waals surface area contributed by atoms with Crippen LogP contribution in [0.15, 0.2) is 18.2 Å². The fraction of sp³-hybridized carbons (Fsp3) is 0.333. The Morgan fingerprint density at radius 2 is 2.12 bits per heavy atom. The van der Waals surface area contributed by atoms with E-state index in [2.05, 4.69) is 17.6 Å². The van der Waals surface area contributed by atoms with Crippen LogP contribution in [0.25, 0.3) is 0 Å². The molecular weight excluding hydrogens is 324 g/mol. The van der Waals surface area contributed by atoms with E-state index >= 15 is 0 Å². The number of nitrogens with one attached hydrogen (secondary N) is 2. The largest absolute Gasteiger partial charge is 0.482 e. The molecule has 2 N–H and O–H groups in total. The fourth-order valence-corrected chi connectivity index (χ4v) is 4.53. The van der Waals surface area contributed by atoms with Crippen molar-refractivity contribution in [2.24, 2.45) is 0 Å². The highest BCUT2D eigenvalue weighted by molar-refractivity contribution is 7.16. The van der Waals surface area contributed by atoms with Crippen LogP contribution in [-0.4, -0.2) is 18.4 Å². The molecule has 4 rings (SSSR count). The van der Waals surface area contributed by atoms with Crippen LogP contribution in [0.2, 0.25) is 0 Å². The normalized spacial score (nSPS) is 15.8. The summed E-state index contributed by atoms with van der Waals surface area (Å²) in [4.78, 5) is 25.4. The van der Waals surface area contributed by atoms with E-state index in [1.165, 1.54) is 28.8 Å². The van der Waals surface area contributed by atoms with E-state index in [0.29, 0.717) is 17.0 Å². The van der Waals surface area contributed by atoms with Crippen molar-refractivity contribution in [2.45, 2.75) is 32.6 Å². The summed E-state index contributed by atoms with van der Waals surface area (Å²) in [6, 6.07) is 5.09. The van der Waals surface area contributed by atoms with Gasteiger partial charge in [0.15, 0.2) is 6.61 Å². The minimum absolute atomic E-state index is 0.0124. The maximum Gasteiger partial charge on any atom is 0.262 e. The predicted octanol–water partition coefficient (Wildman–Crippen LogP) is 3.52. The minimum Gasteiger partial charge on any atom is -0.482 e. The molecule has 0 saturated carbocycles. The lowest BCUT2D eigenvalue weighted by Gasteiger charge is -2.18. The number of carbonyl (C=O) groups excluding carboxylic acids is 2. The third kappa shape index (κ3) is 2.67. The molecule has 2 aliphatic rings. The molecule has 0 bridgehead atoms. The highest BCUT2D eigenvalue weighted by atomic mass is 32.1. The number of hydrogen-bond donors (Lipinski definition) is 2. The lowest BCUT2D eigenvalue weighted by atomic mass is 9.96. The zero-order valence-electron chi connectivity index (χ0n) is 13.4. The molecule has 1 aliphatic carbocycles. The van der Waals surface area contributed by atoms with Crippen LogP contribution in [0.4, 0.5) is 10.7 Å². The number of carbonyl (C=O) groups is 2. The first-order valence-corrected chi connectivity index (χ1v) is 8.92. The first kappa shape index (κ1) is 15.2. The number of ether oxygens (including phenoxy) is 1. The van der Waals surface area contributed by atoms with E-state index in [4.69, 9.17) is 4.74 Å². The molecule has 6 heteroatoms. The van der Waals surface area contributed by atoms with E-state index in [0.717, 1.165) is 17.8 Å². The molecule has 0 atom stereocenters. The molecule has 0 unspecified atom stereocenters. The summed E-state index contributed by atoms with van der Waals surface area (Å²) in [6.45, 7) is 2.09. The van der Waals surface area contributed by atoms with Crippen LogP contribution in [0.1, 0.15) is 39.2 Å². The second-order valence-corrected chi connectivity index (χ2v) is 7.27. The van der Waals surface area contributed by atoms with Gasteiger partial charge in [-0.2, -0.15) is 0 Å². The molecule has 1 aromatic heterocycles. The number of benzene rings is 1. The average molecular weight is 342 g/mol. The topological polar surface area (TPSA) is 67.4 Å². The summed E-state index contributed by atoms with van der Waals surface area (Å²) in [5, 5.41) is 6.69. The summed E-state index contributed by atoms with van der Waals surface area (Å²) in [5.41, 5.74) is 3.65. The van der Waals surface area contributed by atoms with Crippen LogP contribution in [0.3, 0.4) is 0 Å². The predicted molar refractivity (Wildman–Crippen MR) is 94.2 cm³/mol. The van der Waals surface area contributed by atoms with Crippen molar-refractivity contribution in [3.63, 3.8) is 0 Å². The Labute approximate surface area is 144 Å². The maximum absolute atomic E-state index is 12.6. The lowest BCUT2D eigenvalue weighted by molar-refractivity contribution is -0.118. The minimum atomic E-state index is -0.207. The van der Waals surface area contributed by atoms with Gasteiger partial charge in [0, 0.05) is 10.4 Å². The first-order valence-electron chi connectivity index (χ1n) is 8.11. The van der Waals surface area contributed by atoms with Crippen LogP contribution >= 0.6 is 11.3 Å². The maximum atomic E-state index is 12.6. The zero-order valence-corrected chi connectivity index (χ0v) is 14.2.